The molecule has 0 aliphatic carbocycles. The van der Waals surface area contributed by atoms with Crippen LogP contribution in [0.5, 0.6) is 0 Å². The quantitative estimate of drug-likeness (QED) is 0.670. The summed E-state index contributed by atoms with van der Waals surface area (Å²) in [5, 5.41) is 17.1. The molecule has 0 aromatic rings. The second kappa shape index (κ2) is 4.83. The van der Waals surface area contributed by atoms with Crippen molar-refractivity contribution in [3.63, 3.8) is 0 Å². The molecule has 4 heteroatoms. The van der Waals surface area contributed by atoms with Crippen LogP contribution < -0.4 is 5.73 Å². The lowest BCUT2D eigenvalue weighted by molar-refractivity contribution is -0.138. The van der Waals surface area contributed by atoms with E-state index in [1.165, 1.54) is 0 Å². The summed E-state index contributed by atoms with van der Waals surface area (Å²) in [5.74, 6) is -0.977. The fourth-order valence-corrected chi connectivity index (χ4v) is 0.943. The van der Waals surface area contributed by atoms with Gasteiger partial charge in [0, 0.05) is 0 Å². The monoisotopic (exact) mass is 184 g/mol. The molecule has 0 fully saturated rings. The summed E-state index contributed by atoms with van der Waals surface area (Å²) in [6, 6.07) is 1.36. The molecule has 0 aliphatic rings. The van der Waals surface area contributed by atoms with Crippen molar-refractivity contribution >= 4 is 5.97 Å². The van der Waals surface area contributed by atoms with Gasteiger partial charge in [0.25, 0.3) is 0 Å². The molecule has 0 rings (SSSR count). The Labute approximate surface area is 78.3 Å². The van der Waals surface area contributed by atoms with Crippen molar-refractivity contribution in [2.24, 2.45) is 11.1 Å². The SMILES string of the molecule is CC(C)(C#N)CCC[C@@H](N)C(=O)O. The smallest absolute Gasteiger partial charge is 0.320 e. The number of aliphatic carboxylic acids is 1. The molecular formula is C9H16N2O2. The first-order valence-electron chi connectivity index (χ1n) is 4.29. The zero-order chi connectivity index (χ0) is 10.5. The van der Waals surface area contributed by atoms with E-state index in [-0.39, 0.29) is 5.41 Å². The summed E-state index contributed by atoms with van der Waals surface area (Å²) in [4.78, 5) is 10.3. The molecule has 0 aliphatic heterocycles. The van der Waals surface area contributed by atoms with E-state index in [2.05, 4.69) is 6.07 Å². The summed E-state index contributed by atoms with van der Waals surface area (Å²) in [6.45, 7) is 3.67. The van der Waals surface area contributed by atoms with Crippen LogP contribution in [0, 0.1) is 16.7 Å². The number of carboxylic acid groups (broad SMARTS) is 1. The maximum Gasteiger partial charge on any atom is 0.320 e. The van der Waals surface area contributed by atoms with Crippen LogP contribution in [0.1, 0.15) is 33.1 Å². The zero-order valence-electron chi connectivity index (χ0n) is 8.08. The highest BCUT2D eigenvalue weighted by Gasteiger charge is 2.18. The molecule has 0 spiro atoms. The molecule has 0 saturated carbocycles. The fraction of sp³-hybridized carbons (Fsp3) is 0.778. The number of carbonyl (C=O) groups is 1. The Morgan fingerprint density at radius 1 is 1.69 bits per heavy atom. The van der Waals surface area contributed by atoms with Crippen molar-refractivity contribution in [3.05, 3.63) is 0 Å². The Hall–Kier alpha value is -1.08. The van der Waals surface area contributed by atoms with E-state index in [1.807, 2.05) is 13.8 Å². The van der Waals surface area contributed by atoms with Crippen LogP contribution in [-0.4, -0.2) is 17.1 Å². The molecule has 1 atom stereocenters. The van der Waals surface area contributed by atoms with Crippen LogP contribution in [0.3, 0.4) is 0 Å². The van der Waals surface area contributed by atoms with Gasteiger partial charge in [-0.2, -0.15) is 5.26 Å². The van der Waals surface area contributed by atoms with Gasteiger partial charge in [-0.05, 0) is 33.1 Å². The first-order valence-corrected chi connectivity index (χ1v) is 4.29. The van der Waals surface area contributed by atoms with Crippen LogP contribution in [0.4, 0.5) is 0 Å². The van der Waals surface area contributed by atoms with Gasteiger partial charge in [-0.15, -0.1) is 0 Å². The van der Waals surface area contributed by atoms with Gasteiger partial charge < -0.3 is 10.8 Å². The Kier molecular flexibility index (Phi) is 4.43. The highest BCUT2D eigenvalue weighted by Crippen LogP contribution is 2.21. The maximum absolute atomic E-state index is 10.3. The summed E-state index contributed by atoms with van der Waals surface area (Å²) in [5.41, 5.74) is 4.93. The number of rotatable bonds is 5. The second-order valence-corrected chi connectivity index (χ2v) is 3.83. The van der Waals surface area contributed by atoms with E-state index in [1.54, 1.807) is 0 Å². The lowest BCUT2D eigenvalue weighted by Gasteiger charge is -2.15. The Morgan fingerprint density at radius 3 is 2.62 bits per heavy atom. The summed E-state index contributed by atoms with van der Waals surface area (Å²) < 4.78 is 0. The topological polar surface area (TPSA) is 87.1 Å². The third kappa shape index (κ3) is 5.21. The Balaban J connectivity index is 3.70. The van der Waals surface area contributed by atoms with E-state index in [0.717, 1.165) is 0 Å². The van der Waals surface area contributed by atoms with Crippen molar-refractivity contribution in [1.29, 1.82) is 5.26 Å². The summed E-state index contributed by atoms with van der Waals surface area (Å²) in [7, 11) is 0. The van der Waals surface area contributed by atoms with E-state index in [9.17, 15) is 4.79 Å². The van der Waals surface area contributed by atoms with Gasteiger partial charge in [-0.3, -0.25) is 4.79 Å². The third-order valence-corrected chi connectivity index (χ3v) is 1.94. The molecule has 0 heterocycles. The van der Waals surface area contributed by atoms with E-state index < -0.39 is 12.0 Å². The van der Waals surface area contributed by atoms with Gasteiger partial charge in [0.15, 0.2) is 0 Å². The van der Waals surface area contributed by atoms with Gasteiger partial charge >= 0.3 is 5.97 Å². The summed E-state index contributed by atoms with van der Waals surface area (Å²) in [6.07, 6.45) is 1.79. The average molecular weight is 184 g/mol. The molecule has 0 saturated heterocycles. The maximum atomic E-state index is 10.3. The largest absolute Gasteiger partial charge is 0.480 e. The van der Waals surface area contributed by atoms with Crippen molar-refractivity contribution < 1.29 is 9.90 Å². The van der Waals surface area contributed by atoms with Crippen molar-refractivity contribution in [1.82, 2.24) is 0 Å². The normalized spacial score (nSPS) is 13.4. The van der Waals surface area contributed by atoms with Gasteiger partial charge in [-0.25, -0.2) is 0 Å². The predicted octanol–water partition coefficient (Wildman–Crippen LogP) is 1.12. The number of hydrogen-bond donors (Lipinski definition) is 2. The van der Waals surface area contributed by atoms with Crippen LogP contribution >= 0.6 is 0 Å². The summed E-state index contributed by atoms with van der Waals surface area (Å²) >= 11 is 0. The van der Waals surface area contributed by atoms with Crippen LogP contribution in [-0.2, 0) is 4.79 Å². The van der Waals surface area contributed by atoms with E-state index in [0.29, 0.717) is 19.3 Å². The minimum atomic E-state index is -0.977. The van der Waals surface area contributed by atoms with Crippen molar-refractivity contribution in [3.8, 4) is 6.07 Å². The Morgan fingerprint density at radius 2 is 2.23 bits per heavy atom. The highest BCUT2D eigenvalue weighted by molar-refractivity contribution is 5.72. The standard InChI is InChI=1S/C9H16N2O2/c1-9(2,6-10)5-3-4-7(11)8(12)13/h7H,3-5,11H2,1-2H3,(H,12,13)/t7-/m1/s1. The highest BCUT2D eigenvalue weighted by atomic mass is 16.4. The third-order valence-electron chi connectivity index (χ3n) is 1.94. The van der Waals surface area contributed by atoms with Gasteiger partial charge in [0.1, 0.15) is 6.04 Å². The van der Waals surface area contributed by atoms with Crippen LogP contribution in [0.2, 0.25) is 0 Å². The molecule has 0 aromatic heterocycles. The predicted molar refractivity (Wildman–Crippen MR) is 48.9 cm³/mol. The molecule has 0 bridgehead atoms. The van der Waals surface area contributed by atoms with Gasteiger partial charge in [0.05, 0.1) is 11.5 Å². The lowest BCUT2D eigenvalue weighted by Crippen LogP contribution is -2.30. The van der Waals surface area contributed by atoms with E-state index >= 15 is 0 Å². The number of carboxylic acids is 1. The minimum absolute atomic E-state index is 0.377. The Bertz CT molecular complexity index is 218. The number of hydrogen-bond acceptors (Lipinski definition) is 3. The van der Waals surface area contributed by atoms with Gasteiger partial charge in [-0.1, -0.05) is 0 Å². The second-order valence-electron chi connectivity index (χ2n) is 3.83. The minimum Gasteiger partial charge on any atom is -0.480 e. The fourth-order valence-electron chi connectivity index (χ4n) is 0.943. The van der Waals surface area contributed by atoms with E-state index in [4.69, 9.17) is 16.1 Å². The lowest BCUT2D eigenvalue weighted by atomic mass is 9.88. The molecule has 4 nitrogen and oxygen atoms in total. The van der Waals surface area contributed by atoms with Crippen molar-refractivity contribution in [2.45, 2.75) is 39.2 Å². The number of nitriles is 1. The molecule has 0 radical (unpaired) electrons. The van der Waals surface area contributed by atoms with Crippen LogP contribution in [0.25, 0.3) is 0 Å². The van der Waals surface area contributed by atoms with Crippen molar-refractivity contribution in [2.75, 3.05) is 0 Å². The van der Waals surface area contributed by atoms with Gasteiger partial charge in [0.2, 0.25) is 0 Å². The first kappa shape index (κ1) is 11.9. The first-order chi connectivity index (χ1) is 5.89. The molecular weight excluding hydrogens is 168 g/mol. The number of nitrogens with two attached hydrogens (primary N) is 1. The van der Waals surface area contributed by atoms with Crippen LogP contribution in [0.15, 0.2) is 0 Å². The molecule has 74 valence electrons. The number of nitrogens with zero attached hydrogens (tertiary/aromatic N) is 1. The molecule has 0 aromatic carbocycles. The molecule has 3 N–H and O–H groups in total. The molecule has 0 amide bonds. The molecule has 0 unspecified atom stereocenters. The molecule has 13 heavy (non-hydrogen) atoms. The zero-order valence-corrected chi connectivity index (χ0v) is 8.08. The average Bonchev–Trinajstić information content (AvgIpc) is 2.04.